The van der Waals surface area contributed by atoms with Gasteiger partial charge in [-0.3, -0.25) is 0 Å². The van der Waals surface area contributed by atoms with Crippen LogP contribution < -0.4 is 10.6 Å². The summed E-state index contributed by atoms with van der Waals surface area (Å²) in [6, 6.07) is -0.0975. The number of carboxylic acid groups (broad SMARTS) is 1. The summed E-state index contributed by atoms with van der Waals surface area (Å²) in [7, 11) is 0. The largest absolute Gasteiger partial charge is 0.479 e. The van der Waals surface area contributed by atoms with Crippen LogP contribution in [-0.4, -0.2) is 53.9 Å². The second-order valence-corrected chi connectivity index (χ2v) is 5.68. The zero-order valence-electron chi connectivity index (χ0n) is 11.3. The van der Waals surface area contributed by atoms with Gasteiger partial charge in [-0.1, -0.05) is 0 Å². The first-order chi connectivity index (χ1) is 9.02. The number of hydrogen-bond donors (Lipinski definition) is 3. The van der Waals surface area contributed by atoms with Crippen molar-refractivity contribution < 1.29 is 19.4 Å². The molecule has 2 amide bonds. The number of nitrogens with one attached hydrogen (secondary N) is 2. The minimum Gasteiger partial charge on any atom is -0.479 e. The lowest BCUT2D eigenvalue weighted by Crippen LogP contribution is -2.43. The minimum atomic E-state index is -0.933. The first-order valence-electron chi connectivity index (χ1n) is 6.44. The second-order valence-electron chi connectivity index (χ2n) is 4.70. The second kappa shape index (κ2) is 8.27. The molecule has 6 nitrogen and oxygen atoms in total. The molecular weight excluding hydrogens is 268 g/mol. The molecule has 3 unspecified atom stereocenters. The summed E-state index contributed by atoms with van der Waals surface area (Å²) in [6.07, 6.45) is 3.20. The van der Waals surface area contributed by atoms with Crippen molar-refractivity contribution in [2.75, 3.05) is 18.6 Å². The van der Waals surface area contributed by atoms with Gasteiger partial charge in [0, 0.05) is 12.6 Å². The molecule has 0 aromatic rings. The van der Waals surface area contributed by atoms with Gasteiger partial charge in [0.15, 0.2) is 6.10 Å². The fourth-order valence-electron chi connectivity index (χ4n) is 1.89. The van der Waals surface area contributed by atoms with E-state index in [1.165, 1.54) is 0 Å². The van der Waals surface area contributed by atoms with E-state index in [-0.39, 0.29) is 18.2 Å². The highest BCUT2D eigenvalue weighted by atomic mass is 32.2. The molecule has 0 aliphatic carbocycles. The molecule has 1 aliphatic heterocycles. The zero-order valence-corrected chi connectivity index (χ0v) is 12.2. The number of hydrogen-bond acceptors (Lipinski definition) is 4. The van der Waals surface area contributed by atoms with Crippen molar-refractivity contribution in [1.82, 2.24) is 10.6 Å². The average molecular weight is 290 g/mol. The fraction of sp³-hybridized carbons (Fsp3) is 0.833. The number of carbonyl (C=O) groups is 2. The van der Waals surface area contributed by atoms with E-state index in [1.54, 1.807) is 11.8 Å². The summed E-state index contributed by atoms with van der Waals surface area (Å²) in [5.74, 6) is 0.0747. The topological polar surface area (TPSA) is 87.7 Å². The Hall–Kier alpha value is -0.950. The number of carboxylic acids is 1. The van der Waals surface area contributed by atoms with Crippen LogP contribution in [0.5, 0.6) is 0 Å². The van der Waals surface area contributed by atoms with E-state index >= 15 is 0 Å². The Labute approximate surface area is 117 Å². The first-order valence-corrected chi connectivity index (χ1v) is 7.84. The lowest BCUT2D eigenvalue weighted by atomic mass is 10.2. The predicted molar refractivity (Wildman–Crippen MR) is 74.5 cm³/mol. The molecule has 1 rings (SSSR count). The van der Waals surface area contributed by atoms with E-state index in [0.29, 0.717) is 19.4 Å². The Balaban J connectivity index is 2.15. The van der Waals surface area contributed by atoms with Crippen molar-refractivity contribution in [2.24, 2.45) is 0 Å². The van der Waals surface area contributed by atoms with Gasteiger partial charge < -0.3 is 20.5 Å². The lowest BCUT2D eigenvalue weighted by molar-refractivity contribution is -0.149. The van der Waals surface area contributed by atoms with Crippen LogP contribution in [0.1, 0.15) is 26.2 Å². The van der Waals surface area contributed by atoms with Crippen molar-refractivity contribution in [3.63, 3.8) is 0 Å². The smallest absolute Gasteiger partial charge is 0.332 e. The van der Waals surface area contributed by atoms with Gasteiger partial charge in [0.05, 0.1) is 6.10 Å². The number of rotatable bonds is 7. The van der Waals surface area contributed by atoms with Gasteiger partial charge in [0.25, 0.3) is 0 Å². The average Bonchev–Trinajstić information content (AvgIpc) is 2.83. The first kappa shape index (κ1) is 16.1. The number of amides is 2. The molecular formula is C12H22N2O4S. The highest BCUT2D eigenvalue weighted by Gasteiger charge is 2.30. The van der Waals surface area contributed by atoms with E-state index in [9.17, 15) is 9.59 Å². The van der Waals surface area contributed by atoms with E-state index in [1.807, 2.05) is 13.2 Å². The van der Waals surface area contributed by atoms with Gasteiger partial charge in [-0.2, -0.15) is 11.8 Å². The minimum absolute atomic E-state index is 0.128. The Bertz CT molecular complexity index is 314. The molecule has 0 spiro atoms. The molecule has 7 heteroatoms. The molecule has 0 bridgehead atoms. The summed E-state index contributed by atoms with van der Waals surface area (Å²) < 4.78 is 5.30. The van der Waals surface area contributed by atoms with E-state index in [0.717, 1.165) is 12.2 Å². The molecule has 0 radical (unpaired) electrons. The van der Waals surface area contributed by atoms with Crippen LogP contribution in [0.3, 0.4) is 0 Å². The van der Waals surface area contributed by atoms with Crippen LogP contribution in [0.4, 0.5) is 4.79 Å². The highest BCUT2D eigenvalue weighted by molar-refractivity contribution is 7.98. The van der Waals surface area contributed by atoms with Gasteiger partial charge in [0.2, 0.25) is 0 Å². The van der Waals surface area contributed by atoms with Crippen LogP contribution in [0, 0.1) is 0 Å². The van der Waals surface area contributed by atoms with Crippen molar-refractivity contribution >= 4 is 23.8 Å². The quantitative estimate of drug-likeness (QED) is 0.652. The summed E-state index contributed by atoms with van der Waals surface area (Å²) in [4.78, 5) is 22.3. The third kappa shape index (κ3) is 6.15. The molecule has 1 saturated heterocycles. The number of aliphatic carboxylic acids is 1. The van der Waals surface area contributed by atoms with E-state index in [2.05, 4.69) is 10.6 Å². The molecule has 0 aromatic carbocycles. The molecule has 3 atom stereocenters. The van der Waals surface area contributed by atoms with Crippen LogP contribution in [-0.2, 0) is 9.53 Å². The molecule has 0 saturated carbocycles. The Kier molecular flexibility index (Phi) is 7.01. The SMILES string of the molecule is CSCCC(C)NC(=O)NCC1CCC(C(=O)O)O1. The summed E-state index contributed by atoms with van der Waals surface area (Å²) in [6.45, 7) is 2.31. The van der Waals surface area contributed by atoms with Gasteiger partial charge in [0.1, 0.15) is 0 Å². The maximum Gasteiger partial charge on any atom is 0.332 e. The van der Waals surface area contributed by atoms with Gasteiger partial charge in [-0.25, -0.2) is 9.59 Å². The van der Waals surface area contributed by atoms with Crippen molar-refractivity contribution in [2.45, 2.75) is 44.4 Å². The maximum absolute atomic E-state index is 11.6. The number of ether oxygens (including phenoxy) is 1. The van der Waals surface area contributed by atoms with Crippen LogP contribution >= 0.6 is 11.8 Å². The van der Waals surface area contributed by atoms with E-state index in [4.69, 9.17) is 9.84 Å². The summed E-state index contributed by atoms with van der Waals surface area (Å²) >= 11 is 1.75. The van der Waals surface area contributed by atoms with Crippen molar-refractivity contribution in [3.05, 3.63) is 0 Å². The highest BCUT2D eigenvalue weighted by Crippen LogP contribution is 2.19. The lowest BCUT2D eigenvalue weighted by Gasteiger charge is -2.16. The molecule has 3 N–H and O–H groups in total. The molecule has 1 aliphatic rings. The normalized spacial score (nSPS) is 23.9. The molecule has 1 fully saturated rings. The van der Waals surface area contributed by atoms with Gasteiger partial charge >= 0.3 is 12.0 Å². The fourth-order valence-corrected chi connectivity index (χ4v) is 2.47. The van der Waals surface area contributed by atoms with E-state index < -0.39 is 12.1 Å². The maximum atomic E-state index is 11.6. The van der Waals surface area contributed by atoms with Gasteiger partial charge in [-0.05, 0) is 38.2 Å². The predicted octanol–water partition coefficient (Wildman–Crippen LogP) is 1.06. The van der Waals surface area contributed by atoms with Crippen LogP contribution in [0.25, 0.3) is 0 Å². The number of urea groups is 1. The summed E-state index contributed by atoms with van der Waals surface area (Å²) in [5, 5.41) is 14.3. The van der Waals surface area contributed by atoms with Crippen molar-refractivity contribution in [3.8, 4) is 0 Å². The van der Waals surface area contributed by atoms with Gasteiger partial charge in [-0.15, -0.1) is 0 Å². The third-order valence-corrected chi connectivity index (χ3v) is 3.65. The molecule has 1 heterocycles. The Morgan fingerprint density at radius 1 is 1.47 bits per heavy atom. The van der Waals surface area contributed by atoms with Crippen molar-refractivity contribution in [1.29, 1.82) is 0 Å². The summed E-state index contributed by atoms with van der Waals surface area (Å²) in [5.41, 5.74) is 0. The number of thioether (sulfide) groups is 1. The van der Waals surface area contributed by atoms with Crippen LogP contribution in [0.2, 0.25) is 0 Å². The third-order valence-electron chi connectivity index (χ3n) is 3.01. The molecule has 19 heavy (non-hydrogen) atoms. The zero-order chi connectivity index (χ0) is 14.3. The Morgan fingerprint density at radius 2 is 2.21 bits per heavy atom. The molecule has 110 valence electrons. The standard InChI is InChI=1S/C12H22N2O4S/c1-8(5-6-19-2)14-12(17)13-7-9-3-4-10(18-9)11(15)16/h8-10H,3-7H2,1-2H3,(H,15,16)(H2,13,14,17). The monoisotopic (exact) mass is 290 g/mol. The van der Waals surface area contributed by atoms with Crippen LogP contribution in [0.15, 0.2) is 0 Å². The number of carbonyl (C=O) groups excluding carboxylic acids is 1. The molecule has 0 aromatic heterocycles. The Morgan fingerprint density at radius 3 is 2.79 bits per heavy atom.